The van der Waals surface area contributed by atoms with E-state index in [0.717, 1.165) is 12.0 Å². The van der Waals surface area contributed by atoms with E-state index in [1.165, 1.54) is 25.0 Å². The van der Waals surface area contributed by atoms with Crippen LogP contribution >= 0.6 is 0 Å². The number of hydrogen-bond acceptors (Lipinski definition) is 1. The van der Waals surface area contributed by atoms with E-state index in [9.17, 15) is 0 Å². The van der Waals surface area contributed by atoms with Crippen LogP contribution in [0.15, 0.2) is 12.2 Å². The van der Waals surface area contributed by atoms with Gasteiger partial charge in [0.15, 0.2) is 0 Å². The second-order valence-corrected chi connectivity index (χ2v) is 4.20. The molecule has 0 spiro atoms. The first kappa shape index (κ1) is 9.79. The van der Waals surface area contributed by atoms with Crippen molar-refractivity contribution >= 4 is 0 Å². The van der Waals surface area contributed by atoms with Crippen LogP contribution in [-0.2, 0) is 0 Å². The summed E-state index contributed by atoms with van der Waals surface area (Å²) in [5.41, 5.74) is 1.32. The Morgan fingerprint density at radius 1 is 1.50 bits per heavy atom. The number of nitrogens with one attached hydrogen (secondary N) is 1. The predicted molar refractivity (Wildman–Crippen MR) is 54.2 cm³/mol. The van der Waals surface area contributed by atoms with E-state index in [1.807, 2.05) is 0 Å². The topological polar surface area (TPSA) is 12.0 Å². The standard InChI is InChI=1S/C11H21N/c1-8(2)9(3)10(4)11-6-5-7-12-11/h9-12H,1,5-7H2,2-4H3. The van der Waals surface area contributed by atoms with Crippen LogP contribution in [0, 0.1) is 11.8 Å². The van der Waals surface area contributed by atoms with E-state index in [0.29, 0.717) is 5.92 Å². The summed E-state index contributed by atoms with van der Waals surface area (Å²) in [6.45, 7) is 12.0. The molecule has 0 bridgehead atoms. The molecular formula is C11H21N. The maximum absolute atomic E-state index is 4.02. The molecule has 0 aromatic rings. The van der Waals surface area contributed by atoms with Gasteiger partial charge in [0.05, 0.1) is 0 Å². The summed E-state index contributed by atoms with van der Waals surface area (Å²) < 4.78 is 0. The lowest BCUT2D eigenvalue weighted by atomic mass is 9.84. The molecule has 1 saturated heterocycles. The zero-order valence-electron chi connectivity index (χ0n) is 8.56. The smallest absolute Gasteiger partial charge is 0.00987 e. The average molecular weight is 167 g/mol. The van der Waals surface area contributed by atoms with Crippen molar-refractivity contribution in [2.75, 3.05) is 6.54 Å². The molecule has 3 unspecified atom stereocenters. The van der Waals surface area contributed by atoms with Crippen molar-refractivity contribution in [3.63, 3.8) is 0 Å². The molecule has 70 valence electrons. The molecule has 1 heteroatoms. The van der Waals surface area contributed by atoms with Crippen LogP contribution in [-0.4, -0.2) is 12.6 Å². The van der Waals surface area contributed by atoms with Crippen LogP contribution in [0.1, 0.15) is 33.6 Å². The lowest BCUT2D eigenvalue weighted by Gasteiger charge is -2.26. The zero-order valence-corrected chi connectivity index (χ0v) is 8.56. The Morgan fingerprint density at radius 2 is 2.17 bits per heavy atom. The van der Waals surface area contributed by atoms with Gasteiger partial charge >= 0.3 is 0 Å². The second-order valence-electron chi connectivity index (χ2n) is 4.20. The summed E-state index contributed by atoms with van der Waals surface area (Å²) in [7, 11) is 0. The Morgan fingerprint density at radius 3 is 2.58 bits per heavy atom. The SMILES string of the molecule is C=C(C)C(C)C(C)C1CCCN1. The Bertz CT molecular complexity index is 156. The highest BCUT2D eigenvalue weighted by molar-refractivity contribution is 4.99. The monoisotopic (exact) mass is 167 g/mol. The van der Waals surface area contributed by atoms with Crippen LogP contribution < -0.4 is 5.32 Å². The third-order valence-electron chi connectivity index (χ3n) is 3.30. The summed E-state index contributed by atoms with van der Waals surface area (Å²) in [5, 5.41) is 3.55. The van der Waals surface area contributed by atoms with E-state index in [4.69, 9.17) is 0 Å². The first-order valence-corrected chi connectivity index (χ1v) is 5.01. The molecule has 1 aliphatic heterocycles. The fourth-order valence-electron chi connectivity index (χ4n) is 1.96. The summed E-state index contributed by atoms with van der Waals surface area (Å²) in [5.74, 6) is 1.39. The minimum absolute atomic E-state index is 0.653. The molecule has 1 aliphatic rings. The molecule has 12 heavy (non-hydrogen) atoms. The van der Waals surface area contributed by atoms with E-state index in [2.05, 4.69) is 32.7 Å². The molecule has 1 fully saturated rings. The molecule has 0 radical (unpaired) electrons. The van der Waals surface area contributed by atoms with E-state index in [1.54, 1.807) is 0 Å². The summed E-state index contributed by atoms with van der Waals surface area (Å²) >= 11 is 0. The first-order valence-electron chi connectivity index (χ1n) is 5.01. The van der Waals surface area contributed by atoms with Gasteiger partial charge in [-0.2, -0.15) is 0 Å². The molecule has 0 aromatic heterocycles. The van der Waals surface area contributed by atoms with Crippen molar-refractivity contribution < 1.29 is 0 Å². The van der Waals surface area contributed by atoms with Gasteiger partial charge in [-0.3, -0.25) is 0 Å². The fraction of sp³-hybridized carbons (Fsp3) is 0.818. The second kappa shape index (κ2) is 4.08. The van der Waals surface area contributed by atoms with Gasteiger partial charge in [-0.25, -0.2) is 0 Å². The van der Waals surface area contributed by atoms with E-state index >= 15 is 0 Å². The fourth-order valence-corrected chi connectivity index (χ4v) is 1.96. The molecular weight excluding hydrogens is 146 g/mol. The molecule has 1 nitrogen and oxygen atoms in total. The highest BCUT2D eigenvalue weighted by atomic mass is 14.9. The number of rotatable bonds is 3. The maximum atomic E-state index is 4.02. The van der Waals surface area contributed by atoms with Gasteiger partial charge in [-0.1, -0.05) is 26.0 Å². The minimum Gasteiger partial charge on any atom is -0.314 e. The molecule has 1 rings (SSSR count). The van der Waals surface area contributed by atoms with Crippen molar-refractivity contribution in [3.05, 3.63) is 12.2 Å². The summed E-state index contributed by atoms with van der Waals surface area (Å²) in [6.07, 6.45) is 2.69. The van der Waals surface area contributed by atoms with Crippen LogP contribution in [0.5, 0.6) is 0 Å². The first-order chi connectivity index (χ1) is 5.63. The zero-order chi connectivity index (χ0) is 9.14. The van der Waals surface area contributed by atoms with Gasteiger partial charge in [0.1, 0.15) is 0 Å². The van der Waals surface area contributed by atoms with E-state index in [-0.39, 0.29) is 0 Å². The van der Waals surface area contributed by atoms with Crippen molar-refractivity contribution in [1.82, 2.24) is 5.32 Å². The van der Waals surface area contributed by atoms with Crippen molar-refractivity contribution in [3.8, 4) is 0 Å². The van der Waals surface area contributed by atoms with Crippen LogP contribution in [0.2, 0.25) is 0 Å². The predicted octanol–water partition coefficient (Wildman–Crippen LogP) is 2.59. The van der Waals surface area contributed by atoms with Gasteiger partial charge in [0, 0.05) is 6.04 Å². The Hall–Kier alpha value is -0.300. The molecule has 0 saturated carbocycles. The Kier molecular flexibility index (Phi) is 3.33. The minimum atomic E-state index is 0.653. The summed E-state index contributed by atoms with van der Waals surface area (Å²) in [6, 6.07) is 0.733. The van der Waals surface area contributed by atoms with Gasteiger partial charge < -0.3 is 5.32 Å². The number of allylic oxidation sites excluding steroid dienone is 1. The van der Waals surface area contributed by atoms with Crippen LogP contribution in [0.3, 0.4) is 0 Å². The highest BCUT2D eigenvalue weighted by Gasteiger charge is 2.25. The van der Waals surface area contributed by atoms with Crippen molar-refractivity contribution in [2.24, 2.45) is 11.8 Å². The molecule has 0 aromatic carbocycles. The molecule has 1 heterocycles. The highest BCUT2D eigenvalue weighted by Crippen LogP contribution is 2.25. The Labute approximate surface area is 76.2 Å². The van der Waals surface area contributed by atoms with E-state index < -0.39 is 0 Å². The molecule has 1 N–H and O–H groups in total. The lowest BCUT2D eigenvalue weighted by molar-refractivity contribution is 0.338. The van der Waals surface area contributed by atoms with Crippen molar-refractivity contribution in [1.29, 1.82) is 0 Å². The maximum Gasteiger partial charge on any atom is 0.00987 e. The van der Waals surface area contributed by atoms with Crippen LogP contribution in [0.4, 0.5) is 0 Å². The summed E-state index contributed by atoms with van der Waals surface area (Å²) in [4.78, 5) is 0. The lowest BCUT2D eigenvalue weighted by Crippen LogP contribution is -2.32. The Balaban J connectivity index is 2.44. The van der Waals surface area contributed by atoms with Gasteiger partial charge in [0.2, 0.25) is 0 Å². The molecule has 0 aliphatic carbocycles. The number of hydrogen-bond donors (Lipinski definition) is 1. The largest absolute Gasteiger partial charge is 0.314 e. The van der Waals surface area contributed by atoms with Gasteiger partial charge in [0.25, 0.3) is 0 Å². The average Bonchev–Trinajstić information content (AvgIpc) is 2.53. The molecule has 3 atom stereocenters. The third-order valence-corrected chi connectivity index (χ3v) is 3.30. The third kappa shape index (κ3) is 2.10. The van der Waals surface area contributed by atoms with Gasteiger partial charge in [-0.05, 0) is 38.1 Å². The normalized spacial score (nSPS) is 28.4. The quantitative estimate of drug-likeness (QED) is 0.637. The van der Waals surface area contributed by atoms with Crippen LogP contribution in [0.25, 0.3) is 0 Å². The van der Waals surface area contributed by atoms with Gasteiger partial charge in [-0.15, -0.1) is 0 Å². The van der Waals surface area contributed by atoms with Crippen molar-refractivity contribution in [2.45, 2.75) is 39.7 Å². The molecule has 0 amide bonds.